The van der Waals surface area contributed by atoms with E-state index < -0.39 is 0 Å². The van der Waals surface area contributed by atoms with Gasteiger partial charge in [-0.25, -0.2) is 0 Å². The Morgan fingerprint density at radius 1 is 1.20 bits per heavy atom. The number of halogens is 1. The van der Waals surface area contributed by atoms with E-state index in [2.05, 4.69) is 22.6 Å². The molecular weight excluding hydrogens is 365 g/mol. The van der Waals surface area contributed by atoms with Gasteiger partial charge in [0.2, 0.25) is 5.91 Å². The highest BCUT2D eigenvalue weighted by Gasteiger charge is 2.25. The van der Waals surface area contributed by atoms with Crippen molar-refractivity contribution in [2.24, 2.45) is 0 Å². The molecule has 0 aromatic heterocycles. The molecule has 0 saturated carbocycles. The molecule has 1 amide bonds. The summed E-state index contributed by atoms with van der Waals surface area (Å²) >= 11 is 2.16. The fourth-order valence-electron chi connectivity index (χ4n) is 2.41. The number of ketones is 1. The largest absolute Gasteiger partial charge is 0.315 e. The van der Waals surface area contributed by atoms with Crippen LogP contribution in [0.2, 0.25) is 0 Å². The number of fused-ring (bicyclic) bond motifs is 1. The molecule has 0 unspecified atom stereocenters. The molecule has 2 aromatic rings. The van der Waals surface area contributed by atoms with Crippen molar-refractivity contribution < 1.29 is 9.59 Å². The van der Waals surface area contributed by atoms with Crippen LogP contribution >= 0.6 is 22.6 Å². The molecule has 0 fully saturated rings. The summed E-state index contributed by atoms with van der Waals surface area (Å²) in [4.78, 5) is 25.8. The van der Waals surface area contributed by atoms with E-state index in [0.717, 1.165) is 14.8 Å². The fourth-order valence-corrected chi connectivity index (χ4v) is 3.04. The molecule has 0 spiro atoms. The van der Waals surface area contributed by atoms with Crippen LogP contribution in [0.25, 0.3) is 0 Å². The standard InChI is InChI=1S/C16H12INO2/c1-18-14-7-6-10(8-11(14)9-15(18)19)16(20)12-4-2-3-5-13(12)17/h2-8H,9H2,1H3. The lowest BCUT2D eigenvalue weighted by atomic mass is 10.0. The molecule has 3 nitrogen and oxygen atoms in total. The van der Waals surface area contributed by atoms with Crippen LogP contribution in [0.3, 0.4) is 0 Å². The molecule has 0 radical (unpaired) electrons. The number of carbonyl (C=O) groups excluding carboxylic acids is 2. The minimum atomic E-state index is -0.000183. The number of carbonyl (C=O) groups is 2. The van der Waals surface area contributed by atoms with E-state index in [0.29, 0.717) is 17.5 Å². The Bertz CT molecular complexity index is 724. The zero-order valence-corrected chi connectivity index (χ0v) is 13.0. The Labute approximate surface area is 130 Å². The fraction of sp³-hybridized carbons (Fsp3) is 0.125. The van der Waals surface area contributed by atoms with Crippen molar-refractivity contribution in [3.8, 4) is 0 Å². The summed E-state index contributed by atoms with van der Waals surface area (Å²) in [6.45, 7) is 0. The average Bonchev–Trinajstić information content (AvgIpc) is 2.73. The van der Waals surface area contributed by atoms with Gasteiger partial charge in [-0.3, -0.25) is 9.59 Å². The quantitative estimate of drug-likeness (QED) is 0.596. The van der Waals surface area contributed by atoms with Crippen molar-refractivity contribution in [3.05, 3.63) is 62.7 Å². The summed E-state index contributed by atoms with van der Waals surface area (Å²) in [5, 5.41) is 0. The number of hydrogen-bond donors (Lipinski definition) is 0. The van der Waals surface area contributed by atoms with Crippen molar-refractivity contribution >= 4 is 40.0 Å². The number of hydrogen-bond acceptors (Lipinski definition) is 2. The highest BCUT2D eigenvalue weighted by Crippen LogP contribution is 2.29. The Morgan fingerprint density at radius 2 is 1.95 bits per heavy atom. The molecule has 0 N–H and O–H groups in total. The minimum Gasteiger partial charge on any atom is -0.315 e. The summed E-state index contributed by atoms with van der Waals surface area (Å²) < 4.78 is 0.934. The molecule has 0 bridgehead atoms. The van der Waals surface area contributed by atoms with E-state index in [1.54, 1.807) is 18.0 Å². The van der Waals surface area contributed by atoms with E-state index in [1.165, 1.54) is 0 Å². The molecule has 1 heterocycles. The predicted octanol–water partition coefficient (Wildman–Crippen LogP) is 3.04. The lowest BCUT2D eigenvalue weighted by Crippen LogP contribution is -2.20. The zero-order valence-electron chi connectivity index (χ0n) is 10.9. The molecule has 4 heteroatoms. The van der Waals surface area contributed by atoms with Crippen LogP contribution in [-0.4, -0.2) is 18.7 Å². The Hall–Kier alpha value is -1.69. The van der Waals surface area contributed by atoms with Crippen molar-refractivity contribution in [2.75, 3.05) is 11.9 Å². The van der Waals surface area contributed by atoms with Crippen LogP contribution in [0, 0.1) is 3.57 Å². The van der Waals surface area contributed by atoms with E-state index in [-0.39, 0.29) is 11.7 Å². The number of nitrogens with zero attached hydrogens (tertiary/aromatic N) is 1. The van der Waals surface area contributed by atoms with E-state index in [9.17, 15) is 9.59 Å². The Morgan fingerprint density at radius 3 is 2.70 bits per heavy atom. The molecule has 0 aliphatic carbocycles. The van der Waals surface area contributed by atoms with Gasteiger partial charge in [-0.15, -0.1) is 0 Å². The van der Waals surface area contributed by atoms with Crippen LogP contribution < -0.4 is 4.90 Å². The first-order valence-electron chi connectivity index (χ1n) is 6.26. The zero-order chi connectivity index (χ0) is 14.3. The number of anilines is 1. The van der Waals surface area contributed by atoms with Gasteiger partial charge in [0.15, 0.2) is 5.78 Å². The first-order chi connectivity index (χ1) is 9.58. The maximum Gasteiger partial charge on any atom is 0.231 e. The van der Waals surface area contributed by atoms with Crippen LogP contribution in [0.4, 0.5) is 5.69 Å². The normalized spacial score (nSPS) is 13.5. The molecule has 20 heavy (non-hydrogen) atoms. The van der Waals surface area contributed by atoms with Gasteiger partial charge in [-0.1, -0.05) is 12.1 Å². The molecule has 1 aliphatic rings. The van der Waals surface area contributed by atoms with Gasteiger partial charge in [-0.05, 0) is 58.5 Å². The van der Waals surface area contributed by atoms with Crippen molar-refractivity contribution in [1.82, 2.24) is 0 Å². The highest BCUT2D eigenvalue weighted by atomic mass is 127. The minimum absolute atomic E-state index is 0.000183. The lowest BCUT2D eigenvalue weighted by molar-refractivity contribution is -0.117. The van der Waals surface area contributed by atoms with Crippen molar-refractivity contribution in [2.45, 2.75) is 6.42 Å². The van der Waals surface area contributed by atoms with Gasteiger partial charge in [0.25, 0.3) is 0 Å². The van der Waals surface area contributed by atoms with Crippen molar-refractivity contribution in [3.63, 3.8) is 0 Å². The summed E-state index contributed by atoms with van der Waals surface area (Å²) in [5.41, 5.74) is 3.16. The van der Waals surface area contributed by atoms with Crippen molar-refractivity contribution in [1.29, 1.82) is 0 Å². The van der Waals surface area contributed by atoms with Crippen LogP contribution in [0.15, 0.2) is 42.5 Å². The molecule has 1 aliphatic heterocycles. The molecule has 100 valence electrons. The topological polar surface area (TPSA) is 37.4 Å². The summed E-state index contributed by atoms with van der Waals surface area (Å²) in [6, 6.07) is 13.0. The Balaban J connectivity index is 2.01. The molecule has 2 aromatic carbocycles. The SMILES string of the molecule is CN1C(=O)Cc2cc(C(=O)c3ccccc3I)ccc21. The predicted molar refractivity (Wildman–Crippen MR) is 86.1 cm³/mol. The monoisotopic (exact) mass is 377 g/mol. The second kappa shape index (κ2) is 5.01. The van der Waals surface area contributed by atoms with E-state index in [4.69, 9.17) is 0 Å². The number of likely N-dealkylation sites (N-methyl/N-ethyl adjacent to an activating group) is 1. The highest BCUT2D eigenvalue weighted by molar-refractivity contribution is 14.1. The molecule has 3 rings (SSSR count). The van der Waals surface area contributed by atoms with Gasteiger partial charge < -0.3 is 4.90 Å². The molecule has 0 atom stereocenters. The summed E-state index contributed by atoms with van der Waals surface area (Å²) in [6.07, 6.45) is 0.374. The Kier molecular flexibility index (Phi) is 3.33. The van der Waals surface area contributed by atoms with Crippen LogP contribution in [0.1, 0.15) is 21.5 Å². The second-order valence-electron chi connectivity index (χ2n) is 4.78. The summed E-state index contributed by atoms with van der Waals surface area (Å²) in [7, 11) is 1.76. The third kappa shape index (κ3) is 2.14. The van der Waals surface area contributed by atoms with Crippen LogP contribution in [0.5, 0.6) is 0 Å². The number of amides is 1. The lowest BCUT2D eigenvalue weighted by Gasteiger charge is -2.10. The first-order valence-corrected chi connectivity index (χ1v) is 7.34. The van der Waals surface area contributed by atoms with Gasteiger partial charge in [0, 0.05) is 27.4 Å². The smallest absolute Gasteiger partial charge is 0.231 e. The van der Waals surface area contributed by atoms with Gasteiger partial charge in [-0.2, -0.15) is 0 Å². The van der Waals surface area contributed by atoms with Gasteiger partial charge >= 0.3 is 0 Å². The van der Waals surface area contributed by atoms with Gasteiger partial charge in [0.1, 0.15) is 0 Å². The molecule has 0 saturated heterocycles. The third-order valence-corrected chi connectivity index (χ3v) is 4.48. The number of benzene rings is 2. The second-order valence-corrected chi connectivity index (χ2v) is 5.94. The maximum atomic E-state index is 12.5. The third-order valence-electron chi connectivity index (χ3n) is 3.54. The number of rotatable bonds is 2. The summed E-state index contributed by atoms with van der Waals surface area (Å²) in [5.74, 6) is 0.0682. The van der Waals surface area contributed by atoms with Crippen LogP contribution in [-0.2, 0) is 11.2 Å². The van der Waals surface area contributed by atoms with E-state index >= 15 is 0 Å². The molecular formula is C16H12INO2. The van der Waals surface area contributed by atoms with E-state index in [1.807, 2.05) is 36.4 Å². The average molecular weight is 377 g/mol. The first kappa shape index (κ1) is 13.3. The maximum absolute atomic E-state index is 12.5. The van der Waals surface area contributed by atoms with Gasteiger partial charge in [0.05, 0.1) is 6.42 Å².